The second-order valence-electron chi connectivity index (χ2n) is 7.21. The van der Waals surface area contributed by atoms with Gasteiger partial charge in [0.1, 0.15) is 12.1 Å². The first-order chi connectivity index (χ1) is 13.4. The molecule has 2 saturated heterocycles. The molecule has 1 aromatic carbocycles. The monoisotopic (exact) mass is 365 g/mol. The van der Waals surface area contributed by atoms with Gasteiger partial charge in [0.05, 0.1) is 36.5 Å². The molecule has 2 aromatic heterocycles. The van der Waals surface area contributed by atoms with Crippen molar-refractivity contribution in [3.05, 3.63) is 42.9 Å². The van der Waals surface area contributed by atoms with E-state index in [-0.39, 0.29) is 0 Å². The Bertz CT molecular complexity index is 907. The number of hydrogen-bond acceptors (Lipinski definition) is 6. The number of morpholine rings is 1. The van der Waals surface area contributed by atoms with Gasteiger partial charge in [-0.05, 0) is 30.9 Å². The van der Waals surface area contributed by atoms with Gasteiger partial charge in [-0.1, -0.05) is 18.2 Å². The molecule has 3 aromatic rings. The van der Waals surface area contributed by atoms with Crippen molar-refractivity contribution in [2.45, 2.75) is 18.9 Å². The Morgan fingerprint density at radius 3 is 2.78 bits per heavy atom. The lowest BCUT2D eigenvalue weighted by atomic mass is 9.97. The van der Waals surface area contributed by atoms with Crippen molar-refractivity contribution in [1.82, 2.24) is 19.7 Å². The van der Waals surface area contributed by atoms with Crippen LogP contribution in [0.2, 0.25) is 0 Å². The van der Waals surface area contributed by atoms with Crippen LogP contribution in [-0.2, 0) is 9.47 Å². The number of fused-ring (bicyclic) bond motifs is 1. The summed E-state index contributed by atoms with van der Waals surface area (Å²) in [6.45, 7) is 4.01. The van der Waals surface area contributed by atoms with E-state index >= 15 is 0 Å². The molecule has 0 radical (unpaired) electrons. The van der Waals surface area contributed by atoms with E-state index in [0.29, 0.717) is 12.0 Å². The summed E-state index contributed by atoms with van der Waals surface area (Å²) in [7, 11) is 0. The highest BCUT2D eigenvalue weighted by Crippen LogP contribution is 2.30. The molecular formula is C20H23N5O2. The summed E-state index contributed by atoms with van der Waals surface area (Å²) in [6, 6.07) is 10.4. The van der Waals surface area contributed by atoms with Crippen LogP contribution in [0.5, 0.6) is 0 Å². The van der Waals surface area contributed by atoms with E-state index in [0.717, 1.165) is 68.4 Å². The standard InChI is InChI=1S/C20H23N5O2/c1-2-4-16(5-3-1)25-20-18(11-23-25)19(21-14-22-20)24-7-9-27-13-17(24)10-15-6-8-26-12-15/h1-5,11,14-15,17H,6-10,12-13H2. The Kier molecular flexibility index (Phi) is 4.47. The number of rotatable bonds is 4. The minimum absolute atomic E-state index is 0.309. The first-order valence-electron chi connectivity index (χ1n) is 9.56. The highest BCUT2D eigenvalue weighted by atomic mass is 16.5. The molecule has 2 aliphatic heterocycles. The minimum atomic E-state index is 0.309. The largest absolute Gasteiger partial charge is 0.381 e. The van der Waals surface area contributed by atoms with E-state index in [1.165, 1.54) is 0 Å². The molecule has 4 heterocycles. The predicted molar refractivity (Wildman–Crippen MR) is 102 cm³/mol. The summed E-state index contributed by atoms with van der Waals surface area (Å²) in [6.07, 6.45) is 5.72. The molecule has 140 valence electrons. The van der Waals surface area contributed by atoms with Crippen LogP contribution in [0.25, 0.3) is 16.7 Å². The second kappa shape index (κ2) is 7.25. The fourth-order valence-electron chi connectivity index (χ4n) is 4.10. The van der Waals surface area contributed by atoms with Crippen LogP contribution >= 0.6 is 0 Å². The van der Waals surface area contributed by atoms with Crippen LogP contribution in [-0.4, -0.2) is 58.8 Å². The molecule has 0 spiro atoms. The van der Waals surface area contributed by atoms with Crippen molar-refractivity contribution in [2.24, 2.45) is 5.92 Å². The van der Waals surface area contributed by atoms with Crippen molar-refractivity contribution < 1.29 is 9.47 Å². The fourth-order valence-corrected chi connectivity index (χ4v) is 4.10. The number of ether oxygens (including phenoxy) is 2. The first kappa shape index (κ1) is 16.6. The fraction of sp³-hybridized carbons (Fsp3) is 0.450. The van der Waals surface area contributed by atoms with Crippen molar-refractivity contribution in [1.29, 1.82) is 0 Å². The molecule has 5 rings (SSSR count). The summed E-state index contributed by atoms with van der Waals surface area (Å²) in [5, 5.41) is 5.57. The number of nitrogens with zero attached hydrogens (tertiary/aromatic N) is 5. The normalized spacial score (nSPS) is 23.2. The zero-order valence-corrected chi connectivity index (χ0v) is 15.2. The zero-order valence-electron chi connectivity index (χ0n) is 15.2. The van der Waals surface area contributed by atoms with Crippen molar-refractivity contribution in [3.8, 4) is 5.69 Å². The lowest BCUT2D eigenvalue weighted by molar-refractivity contribution is 0.0842. The van der Waals surface area contributed by atoms with Crippen LogP contribution in [0, 0.1) is 5.92 Å². The average molecular weight is 365 g/mol. The maximum absolute atomic E-state index is 5.78. The molecule has 2 unspecified atom stereocenters. The highest BCUT2D eigenvalue weighted by molar-refractivity contribution is 5.87. The molecule has 7 nitrogen and oxygen atoms in total. The van der Waals surface area contributed by atoms with Gasteiger partial charge in [-0.25, -0.2) is 14.6 Å². The van der Waals surface area contributed by atoms with Gasteiger partial charge in [0.25, 0.3) is 0 Å². The third kappa shape index (κ3) is 3.17. The van der Waals surface area contributed by atoms with E-state index in [4.69, 9.17) is 9.47 Å². The van der Waals surface area contributed by atoms with Gasteiger partial charge in [0, 0.05) is 19.8 Å². The average Bonchev–Trinajstić information content (AvgIpc) is 3.39. The van der Waals surface area contributed by atoms with Gasteiger partial charge in [0.2, 0.25) is 0 Å². The lowest BCUT2D eigenvalue weighted by Gasteiger charge is -2.37. The predicted octanol–water partition coefficient (Wildman–Crippen LogP) is 2.45. The van der Waals surface area contributed by atoms with Crippen molar-refractivity contribution in [3.63, 3.8) is 0 Å². The van der Waals surface area contributed by atoms with Crippen LogP contribution in [0.4, 0.5) is 5.82 Å². The molecule has 0 N–H and O–H groups in total. The lowest BCUT2D eigenvalue weighted by Crippen LogP contribution is -2.47. The van der Waals surface area contributed by atoms with Gasteiger partial charge < -0.3 is 14.4 Å². The number of anilines is 1. The van der Waals surface area contributed by atoms with E-state index in [1.807, 2.05) is 41.2 Å². The smallest absolute Gasteiger partial charge is 0.168 e. The topological polar surface area (TPSA) is 65.3 Å². The molecule has 2 atom stereocenters. The third-order valence-corrected chi connectivity index (χ3v) is 5.47. The van der Waals surface area contributed by atoms with E-state index in [2.05, 4.69) is 20.0 Å². The Morgan fingerprint density at radius 1 is 1.04 bits per heavy atom. The van der Waals surface area contributed by atoms with Crippen molar-refractivity contribution >= 4 is 16.9 Å². The quantitative estimate of drug-likeness (QED) is 0.708. The number of hydrogen-bond donors (Lipinski definition) is 0. The molecule has 7 heteroatoms. The van der Waals surface area contributed by atoms with E-state index < -0.39 is 0 Å². The highest BCUT2D eigenvalue weighted by Gasteiger charge is 2.30. The third-order valence-electron chi connectivity index (χ3n) is 5.47. The van der Waals surface area contributed by atoms with Crippen LogP contribution in [0.1, 0.15) is 12.8 Å². The van der Waals surface area contributed by atoms with Gasteiger partial charge in [-0.3, -0.25) is 0 Å². The number of aromatic nitrogens is 4. The van der Waals surface area contributed by atoms with E-state index in [1.54, 1.807) is 6.33 Å². The Balaban J connectivity index is 1.50. The summed E-state index contributed by atoms with van der Waals surface area (Å²) in [4.78, 5) is 11.5. The summed E-state index contributed by atoms with van der Waals surface area (Å²) in [5.74, 6) is 1.55. The van der Waals surface area contributed by atoms with Gasteiger partial charge in [-0.2, -0.15) is 5.10 Å². The Hall–Kier alpha value is -2.51. The first-order valence-corrected chi connectivity index (χ1v) is 9.56. The van der Waals surface area contributed by atoms with Crippen LogP contribution < -0.4 is 4.90 Å². The molecule has 27 heavy (non-hydrogen) atoms. The van der Waals surface area contributed by atoms with Crippen LogP contribution in [0.15, 0.2) is 42.9 Å². The molecule has 2 aliphatic rings. The number of para-hydroxylation sites is 1. The summed E-state index contributed by atoms with van der Waals surface area (Å²) in [5.41, 5.74) is 1.83. The van der Waals surface area contributed by atoms with Crippen molar-refractivity contribution in [2.75, 3.05) is 37.9 Å². The summed E-state index contributed by atoms with van der Waals surface area (Å²) < 4.78 is 13.2. The Morgan fingerprint density at radius 2 is 1.93 bits per heavy atom. The van der Waals surface area contributed by atoms with Gasteiger partial charge in [-0.15, -0.1) is 0 Å². The van der Waals surface area contributed by atoms with Crippen LogP contribution in [0.3, 0.4) is 0 Å². The zero-order chi connectivity index (χ0) is 18.1. The molecule has 0 bridgehead atoms. The van der Waals surface area contributed by atoms with Gasteiger partial charge in [0.15, 0.2) is 5.65 Å². The maximum atomic E-state index is 5.78. The SMILES string of the molecule is c1ccc(-n2ncc3c(N4CCOCC4CC4CCOC4)ncnc32)cc1. The molecule has 0 amide bonds. The Labute approximate surface area is 157 Å². The van der Waals surface area contributed by atoms with E-state index in [9.17, 15) is 0 Å². The molecular weight excluding hydrogens is 342 g/mol. The molecule has 0 aliphatic carbocycles. The number of benzene rings is 1. The maximum Gasteiger partial charge on any atom is 0.168 e. The minimum Gasteiger partial charge on any atom is -0.381 e. The second-order valence-corrected chi connectivity index (χ2v) is 7.21. The summed E-state index contributed by atoms with van der Waals surface area (Å²) >= 11 is 0. The molecule has 2 fully saturated rings. The van der Waals surface area contributed by atoms with Gasteiger partial charge >= 0.3 is 0 Å². The molecule has 0 saturated carbocycles.